The molecule has 2 aromatic carbocycles. The largest absolute Gasteiger partial charge is 0.387 e. The number of hydrogen-bond acceptors (Lipinski definition) is 7. The lowest BCUT2D eigenvalue weighted by atomic mass is 9.98. The molecule has 1 unspecified atom stereocenters. The Balaban J connectivity index is 1.45. The summed E-state index contributed by atoms with van der Waals surface area (Å²) >= 11 is 0. The predicted octanol–water partition coefficient (Wildman–Crippen LogP) is 4.25. The summed E-state index contributed by atoms with van der Waals surface area (Å²) in [6.07, 6.45) is 2.59. The lowest BCUT2D eigenvalue weighted by molar-refractivity contribution is 0.0628. The average molecular weight is 484 g/mol. The summed E-state index contributed by atoms with van der Waals surface area (Å²) in [5, 5.41) is 26.8. The molecule has 1 saturated carbocycles. The minimum atomic E-state index is -0.0828. The number of fused-ring (bicyclic) bond motifs is 1. The normalized spacial score (nSPS) is 17.0. The van der Waals surface area contributed by atoms with Crippen LogP contribution in [0.1, 0.15) is 58.5 Å². The summed E-state index contributed by atoms with van der Waals surface area (Å²) in [6.45, 7) is 9.35. The van der Waals surface area contributed by atoms with E-state index >= 15 is 0 Å². The second kappa shape index (κ2) is 9.75. The monoisotopic (exact) mass is 483 g/mol. The summed E-state index contributed by atoms with van der Waals surface area (Å²) < 4.78 is 0. The molecule has 186 valence electrons. The third kappa shape index (κ3) is 4.47. The van der Waals surface area contributed by atoms with E-state index in [1.54, 1.807) is 0 Å². The van der Waals surface area contributed by atoms with Gasteiger partial charge >= 0.3 is 0 Å². The van der Waals surface area contributed by atoms with E-state index in [4.69, 9.17) is 0 Å². The second-order valence-electron chi connectivity index (χ2n) is 9.88. The molecular weight excluding hydrogens is 450 g/mol. The second-order valence-corrected chi connectivity index (χ2v) is 9.88. The summed E-state index contributed by atoms with van der Waals surface area (Å²) in [6, 6.07) is 12.6. The topological polar surface area (TPSA) is 97.2 Å². The number of carbonyl (C=O) groups is 1. The van der Waals surface area contributed by atoms with Crippen LogP contribution in [0.15, 0.2) is 30.3 Å². The predicted molar refractivity (Wildman–Crippen MR) is 142 cm³/mol. The molecule has 0 spiro atoms. The number of piperazine rings is 1. The van der Waals surface area contributed by atoms with Crippen LogP contribution >= 0.6 is 0 Å². The van der Waals surface area contributed by atoms with Gasteiger partial charge in [-0.1, -0.05) is 12.1 Å². The Labute approximate surface area is 212 Å². The van der Waals surface area contributed by atoms with E-state index in [2.05, 4.69) is 38.7 Å². The molecule has 2 N–H and O–H groups in total. The highest BCUT2D eigenvalue weighted by molar-refractivity contribution is 6.06. The number of aryl methyl sites for hydroxylation is 1. The Morgan fingerprint density at radius 1 is 1.11 bits per heavy atom. The highest BCUT2D eigenvalue weighted by atomic mass is 16.2. The summed E-state index contributed by atoms with van der Waals surface area (Å²) in [7, 11) is 1.84. The highest BCUT2D eigenvalue weighted by Gasteiger charge is 2.33. The van der Waals surface area contributed by atoms with Gasteiger partial charge in [0.1, 0.15) is 0 Å². The number of nitrogens with one attached hydrogen (secondary N) is 2. The number of aromatic nitrogens is 2. The summed E-state index contributed by atoms with van der Waals surface area (Å²) in [4.78, 5) is 18.0. The first kappa shape index (κ1) is 24.0. The van der Waals surface area contributed by atoms with Gasteiger partial charge in [-0.25, -0.2) is 0 Å². The standard InChI is InChI=1S/C28H33N7O/c1-17-20(16-29)6-5-7-22(17)18(2)31-27-24-15-26(30-4)25(14-23(24)19(3)32-33-27)28(36)35-12-10-34(11-13-35)21-8-9-21/h5-7,14-15,18,21,30H,8-13H2,1-4H3,(H,31,33). The quantitative estimate of drug-likeness (QED) is 0.541. The van der Waals surface area contributed by atoms with Gasteiger partial charge in [0.05, 0.1) is 28.9 Å². The fourth-order valence-electron chi connectivity index (χ4n) is 5.24. The fourth-order valence-corrected chi connectivity index (χ4v) is 5.24. The molecule has 0 bridgehead atoms. The minimum Gasteiger partial charge on any atom is -0.387 e. The Morgan fingerprint density at radius 2 is 1.86 bits per heavy atom. The van der Waals surface area contributed by atoms with Crippen molar-refractivity contribution in [3.63, 3.8) is 0 Å². The number of carbonyl (C=O) groups excluding carboxylic acids is 1. The van der Waals surface area contributed by atoms with Crippen LogP contribution < -0.4 is 10.6 Å². The van der Waals surface area contributed by atoms with Crippen LogP contribution in [0, 0.1) is 25.2 Å². The molecule has 1 atom stereocenters. The zero-order valence-electron chi connectivity index (χ0n) is 21.4. The zero-order chi connectivity index (χ0) is 25.4. The highest BCUT2D eigenvalue weighted by Crippen LogP contribution is 2.33. The molecule has 1 aliphatic heterocycles. The van der Waals surface area contributed by atoms with E-state index in [1.165, 1.54) is 12.8 Å². The molecule has 0 radical (unpaired) electrons. The SMILES string of the molecule is CNc1cc2c(NC(C)c3cccc(C#N)c3C)nnc(C)c2cc1C(=O)N1CCN(C2CC2)CC1. The molecule has 36 heavy (non-hydrogen) atoms. The van der Waals surface area contributed by atoms with Gasteiger partial charge in [0.15, 0.2) is 5.82 Å². The van der Waals surface area contributed by atoms with Gasteiger partial charge in [0.2, 0.25) is 0 Å². The number of amides is 1. The summed E-state index contributed by atoms with van der Waals surface area (Å²) in [5.74, 6) is 0.707. The number of nitrogens with zero attached hydrogens (tertiary/aromatic N) is 5. The van der Waals surface area contributed by atoms with Crippen molar-refractivity contribution < 1.29 is 4.79 Å². The maximum atomic E-state index is 13.6. The van der Waals surface area contributed by atoms with Crippen molar-refractivity contribution in [3.8, 4) is 6.07 Å². The van der Waals surface area contributed by atoms with Gasteiger partial charge in [-0.2, -0.15) is 10.4 Å². The maximum Gasteiger partial charge on any atom is 0.256 e. The average Bonchev–Trinajstić information content (AvgIpc) is 3.75. The van der Waals surface area contributed by atoms with Crippen molar-refractivity contribution in [2.75, 3.05) is 43.9 Å². The van der Waals surface area contributed by atoms with Gasteiger partial charge in [-0.05, 0) is 62.9 Å². The zero-order valence-corrected chi connectivity index (χ0v) is 21.4. The Bertz CT molecular complexity index is 1350. The van der Waals surface area contributed by atoms with E-state index in [9.17, 15) is 10.1 Å². The molecule has 1 aliphatic carbocycles. The van der Waals surface area contributed by atoms with Gasteiger partial charge in [-0.3, -0.25) is 9.69 Å². The lowest BCUT2D eigenvalue weighted by Crippen LogP contribution is -2.49. The third-order valence-electron chi connectivity index (χ3n) is 7.58. The van der Waals surface area contributed by atoms with Crippen molar-refractivity contribution >= 4 is 28.2 Å². The number of hydrogen-bond donors (Lipinski definition) is 2. The number of rotatable bonds is 6. The lowest BCUT2D eigenvalue weighted by Gasteiger charge is -2.35. The first-order chi connectivity index (χ1) is 17.4. The maximum absolute atomic E-state index is 13.6. The molecule has 8 heteroatoms. The van der Waals surface area contributed by atoms with Crippen molar-refractivity contribution in [2.45, 2.75) is 45.7 Å². The Morgan fingerprint density at radius 3 is 2.53 bits per heavy atom. The minimum absolute atomic E-state index is 0.0553. The van der Waals surface area contributed by atoms with Crippen LogP contribution in [-0.2, 0) is 0 Å². The molecule has 1 aromatic heterocycles. The van der Waals surface area contributed by atoms with E-state index in [0.29, 0.717) is 16.9 Å². The van der Waals surface area contributed by atoms with Gasteiger partial charge < -0.3 is 15.5 Å². The molecule has 5 rings (SSSR count). The molecule has 2 fully saturated rings. The Kier molecular flexibility index (Phi) is 6.50. The van der Waals surface area contributed by atoms with Crippen LogP contribution in [0.4, 0.5) is 11.5 Å². The van der Waals surface area contributed by atoms with Crippen LogP contribution in [0.3, 0.4) is 0 Å². The van der Waals surface area contributed by atoms with Gasteiger partial charge in [0, 0.05) is 55.7 Å². The number of benzene rings is 2. The van der Waals surface area contributed by atoms with Gasteiger partial charge in [0.25, 0.3) is 5.91 Å². The third-order valence-corrected chi connectivity index (χ3v) is 7.58. The van der Waals surface area contributed by atoms with Crippen LogP contribution in [0.25, 0.3) is 10.8 Å². The molecular formula is C28H33N7O. The van der Waals surface area contributed by atoms with E-state index in [1.807, 2.05) is 56.1 Å². The van der Waals surface area contributed by atoms with Crippen molar-refractivity contribution in [2.24, 2.45) is 0 Å². The van der Waals surface area contributed by atoms with Crippen molar-refractivity contribution in [1.82, 2.24) is 20.0 Å². The van der Waals surface area contributed by atoms with Crippen molar-refractivity contribution in [1.29, 1.82) is 5.26 Å². The van der Waals surface area contributed by atoms with E-state index in [0.717, 1.165) is 65.5 Å². The smallest absolute Gasteiger partial charge is 0.256 e. The molecule has 2 aliphatic rings. The fraction of sp³-hybridized carbons (Fsp3) is 0.429. The molecule has 8 nitrogen and oxygen atoms in total. The molecule has 2 heterocycles. The van der Waals surface area contributed by atoms with Crippen molar-refractivity contribution in [3.05, 3.63) is 58.3 Å². The van der Waals surface area contributed by atoms with Crippen LogP contribution in [0.2, 0.25) is 0 Å². The van der Waals surface area contributed by atoms with E-state index in [-0.39, 0.29) is 11.9 Å². The summed E-state index contributed by atoms with van der Waals surface area (Å²) in [5.41, 5.74) is 4.88. The molecule has 1 amide bonds. The molecule has 1 saturated heterocycles. The van der Waals surface area contributed by atoms with Crippen LogP contribution in [0.5, 0.6) is 0 Å². The Hall–Kier alpha value is -3.70. The van der Waals surface area contributed by atoms with Crippen LogP contribution in [-0.4, -0.2) is 65.2 Å². The first-order valence-electron chi connectivity index (χ1n) is 12.7. The number of nitriles is 1. The number of anilines is 2. The van der Waals surface area contributed by atoms with Gasteiger partial charge in [-0.15, -0.1) is 5.10 Å². The molecule has 3 aromatic rings. The van der Waals surface area contributed by atoms with E-state index < -0.39 is 0 Å². The first-order valence-corrected chi connectivity index (χ1v) is 12.7.